The third-order valence-electron chi connectivity index (χ3n) is 2.03. The fourth-order valence-corrected chi connectivity index (χ4v) is 1.22. The number of ether oxygens (including phenoxy) is 1. The highest BCUT2D eigenvalue weighted by atomic mass is 16.5. The van der Waals surface area contributed by atoms with Crippen molar-refractivity contribution in [3.8, 4) is 5.75 Å². The van der Waals surface area contributed by atoms with Crippen molar-refractivity contribution in [2.24, 2.45) is 0 Å². The second kappa shape index (κ2) is 2.57. The van der Waals surface area contributed by atoms with Crippen molar-refractivity contribution in [3.05, 3.63) is 29.8 Å². The Hall–Kier alpha value is -0.980. The third-order valence-corrected chi connectivity index (χ3v) is 2.03. The van der Waals surface area contributed by atoms with Gasteiger partial charge in [-0.3, -0.25) is 0 Å². The van der Waals surface area contributed by atoms with Crippen LogP contribution in [0.5, 0.6) is 5.75 Å². The van der Waals surface area contributed by atoms with Crippen LogP contribution in [-0.2, 0) is 0 Å². The van der Waals surface area contributed by atoms with E-state index in [1.807, 2.05) is 12.1 Å². The Balaban J connectivity index is 2.26. The van der Waals surface area contributed by atoms with Gasteiger partial charge in [0.25, 0.3) is 0 Å². The van der Waals surface area contributed by atoms with Gasteiger partial charge in [-0.1, -0.05) is 12.1 Å². The van der Waals surface area contributed by atoms with Gasteiger partial charge in [0.2, 0.25) is 0 Å². The normalized spacial score (nSPS) is 16.5. The van der Waals surface area contributed by atoms with E-state index in [-0.39, 0.29) is 0 Å². The quantitative estimate of drug-likeness (QED) is 0.624. The lowest BCUT2D eigenvalue weighted by atomic mass is 10.1. The molecule has 1 nitrogen and oxygen atoms in total. The molecule has 1 radical (unpaired) electrons. The van der Waals surface area contributed by atoms with Gasteiger partial charge in [-0.15, -0.1) is 0 Å². The molecule has 0 spiro atoms. The van der Waals surface area contributed by atoms with Crippen molar-refractivity contribution in [1.82, 2.24) is 0 Å². The number of rotatable bonds is 2. The Kier molecular flexibility index (Phi) is 1.57. The van der Waals surface area contributed by atoms with Crippen LogP contribution in [0.3, 0.4) is 0 Å². The van der Waals surface area contributed by atoms with Crippen LogP contribution in [0.2, 0.25) is 0 Å². The molecule has 57 valence electrons. The van der Waals surface area contributed by atoms with Crippen LogP contribution in [0.4, 0.5) is 0 Å². The van der Waals surface area contributed by atoms with Gasteiger partial charge in [-0.05, 0) is 30.4 Å². The van der Waals surface area contributed by atoms with E-state index in [4.69, 9.17) is 4.74 Å². The minimum Gasteiger partial charge on any atom is -0.496 e. The van der Waals surface area contributed by atoms with Gasteiger partial charge in [-0.2, -0.15) is 0 Å². The first kappa shape index (κ1) is 6.71. The molecule has 1 saturated carbocycles. The fourth-order valence-electron chi connectivity index (χ4n) is 1.22. The van der Waals surface area contributed by atoms with E-state index in [9.17, 15) is 0 Å². The number of hydrogen-bond acceptors (Lipinski definition) is 1. The van der Waals surface area contributed by atoms with Crippen LogP contribution in [0.1, 0.15) is 24.3 Å². The van der Waals surface area contributed by atoms with Crippen LogP contribution in [-0.4, -0.2) is 7.11 Å². The van der Waals surface area contributed by atoms with Crippen molar-refractivity contribution in [3.63, 3.8) is 0 Å². The van der Waals surface area contributed by atoms with Gasteiger partial charge in [0, 0.05) is 6.07 Å². The molecule has 0 aliphatic heterocycles. The monoisotopic (exact) mass is 147 g/mol. The van der Waals surface area contributed by atoms with E-state index < -0.39 is 0 Å². The number of methoxy groups -OCH3 is 1. The van der Waals surface area contributed by atoms with Gasteiger partial charge in [0.15, 0.2) is 0 Å². The standard InChI is InChI=1S/C10H11O/c1-11-10-4-2-3-9(7-10)8-5-6-8/h2-4,8H,5-6H2,1H3. The van der Waals surface area contributed by atoms with Crippen LogP contribution in [0, 0.1) is 6.07 Å². The molecule has 0 atom stereocenters. The fraction of sp³-hybridized carbons (Fsp3) is 0.400. The van der Waals surface area contributed by atoms with E-state index in [0.29, 0.717) is 0 Å². The molecule has 0 saturated heterocycles. The van der Waals surface area contributed by atoms with Crippen molar-refractivity contribution in [2.45, 2.75) is 18.8 Å². The molecular weight excluding hydrogens is 136 g/mol. The molecule has 1 aliphatic carbocycles. The molecule has 2 rings (SSSR count). The van der Waals surface area contributed by atoms with E-state index >= 15 is 0 Å². The summed E-state index contributed by atoms with van der Waals surface area (Å²) in [6.45, 7) is 0. The van der Waals surface area contributed by atoms with Crippen molar-refractivity contribution >= 4 is 0 Å². The second-order valence-electron chi connectivity index (χ2n) is 2.95. The van der Waals surface area contributed by atoms with Crippen molar-refractivity contribution < 1.29 is 4.74 Å². The highest BCUT2D eigenvalue weighted by molar-refractivity contribution is 5.31. The zero-order valence-corrected chi connectivity index (χ0v) is 6.63. The molecule has 0 aromatic heterocycles. The molecule has 11 heavy (non-hydrogen) atoms. The molecule has 1 aromatic rings. The maximum Gasteiger partial charge on any atom is 0.127 e. The summed E-state index contributed by atoms with van der Waals surface area (Å²) >= 11 is 0. The predicted octanol–water partition coefficient (Wildman–Crippen LogP) is 2.37. The summed E-state index contributed by atoms with van der Waals surface area (Å²) in [5.74, 6) is 1.62. The van der Waals surface area contributed by atoms with Gasteiger partial charge < -0.3 is 4.74 Å². The minimum atomic E-state index is 0.769. The Morgan fingerprint density at radius 2 is 2.27 bits per heavy atom. The highest BCUT2D eigenvalue weighted by Crippen LogP contribution is 2.40. The second-order valence-corrected chi connectivity index (χ2v) is 2.95. The van der Waals surface area contributed by atoms with E-state index in [1.54, 1.807) is 7.11 Å². The SMILES string of the molecule is COc1[c]c(C2CC2)ccc1. The van der Waals surface area contributed by atoms with Gasteiger partial charge >= 0.3 is 0 Å². The summed E-state index contributed by atoms with van der Waals surface area (Å²) in [7, 11) is 1.68. The van der Waals surface area contributed by atoms with Gasteiger partial charge in [-0.25, -0.2) is 0 Å². The molecule has 0 heterocycles. The van der Waals surface area contributed by atoms with Crippen molar-refractivity contribution in [2.75, 3.05) is 7.11 Å². The molecule has 1 aliphatic rings. The van der Waals surface area contributed by atoms with Gasteiger partial charge in [0.1, 0.15) is 5.75 Å². The lowest BCUT2D eigenvalue weighted by Crippen LogP contribution is -1.85. The Morgan fingerprint density at radius 1 is 1.45 bits per heavy atom. The average molecular weight is 147 g/mol. The van der Waals surface area contributed by atoms with Crippen LogP contribution < -0.4 is 4.74 Å². The topological polar surface area (TPSA) is 9.23 Å². The first-order valence-electron chi connectivity index (χ1n) is 3.96. The first-order chi connectivity index (χ1) is 5.40. The number of hydrogen-bond donors (Lipinski definition) is 0. The summed E-state index contributed by atoms with van der Waals surface area (Å²) in [6.07, 6.45) is 2.65. The third kappa shape index (κ3) is 1.37. The molecular formula is C10H11O. The molecule has 1 heteroatoms. The Labute approximate surface area is 67.0 Å². The molecule has 1 aromatic carbocycles. The Bertz CT molecular complexity index is 251. The summed E-state index contributed by atoms with van der Waals surface area (Å²) in [5, 5.41) is 0. The summed E-state index contributed by atoms with van der Waals surface area (Å²) in [5.41, 5.74) is 1.31. The maximum atomic E-state index is 5.08. The van der Waals surface area contributed by atoms with Gasteiger partial charge in [0.05, 0.1) is 7.11 Å². The van der Waals surface area contributed by atoms with E-state index in [2.05, 4.69) is 12.1 Å². The number of benzene rings is 1. The average Bonchev–Trinajstić information content (AvgIpc) is 2.87. The summed E-state index contributed by atoms with van der Waals surface area (Å²) in [6, 6.07) is 9.33. The predicted molar refractivity (Wildman–Crippen MR) is 43.8 cm³/mol. The lowest BCUT2D eigenvalue weighted by Gasteiger charge is -2.00. The highest BCUT2D eigenvalue weighted by Gasteiger charge is 2.23. The summed E-state index contributed by atoms with van der Waals surface area (Å²) < 4.78 is 5.08. The lowest BCUT2D eigenvalue weighted by molar-refractivity contribution is 0.413. The maximum absolute atomic E-state index is 5.08. The van der Waals surface area contributed by atoms with E-state index in [0.717, 1.165) is 11.7 Å². The zero-order chi connectivity index (χ0) is 7.68. The van der Waals surface area contributed by atoms with Crippen molar-refractivity contribution in [1.29, 1.82) is 0 Å². The largest absolute Gasteiger partial charge is 0.496 e. The Morgan fingerprint density at radius 3 is 2.91 bits per heavy atom. The molecule has 0 amide bonds. The van der Waals surface area contributed by atoms with E-state index in [1.165, 1.54) is 18.4 Å². The summed E-state index contributed by atoms with van der Waals surface area (Å²) in [4.78, 5) is 0. The smallest absolute Gasteiger partial charge is 0.127 e. The molecule has 0 bridgehead atoms. The van der Waals surface area contributed by atoms with Crippen LogP contribution in [0.25, 0.3) is 0 Å². The first-order valence-corrected chi connectivity index (χ1v) is 3.96. The van der Waals surface area contributed by atoms with Crippen LogP contribution in [0.15, 0.2) is 18.2 Å². The zero-order valence-electron chi connectivity index (χ0n) is 6.63. The molecule has 1 fully saturated rings. The molecule has 0 N–H and O–H groups in total. The molecule has 0 unspecified atom stereocenters. The van der Waals surface area contributed by atoms with Crippen LogP contribution >= 0.6 is 0 Å². The minimum absolute atomic E-state index is 0.769.